The summed E-state index contributed by atoms with van der Waals surface area (Å²) in [5.74, 6) is 0.432. The van der Waals surface area contributed by atoms with E-state index in [-0.39, 0.29) is 26.4 Å². The summed E-state index contributed by atoms with van der Waals surface area (Å²) in [6.07, 6.45) is 0.633. The fourth-order valence-electron chi connectivity index (χ4n) is 3.00. The van der Waals surface area contributed by atoms with Crippen molar-refractivity contribution in [3.8, 4) is 17.2 Å². The average molecular weight is 417 g/mol. The topological polar surface area (TPSA) is 59.0 Å². The molecule has 0 aliphatic carbocycles. The molecule has 26 heavy (non-hydrogen) atoms. The van der Waals surface area contributed by atoms with Crippen molar-refractivity contribution >= 4 is 40.7 Å². The molecule has 1 heterocycles. The Labute approximate surface area is 166 Å². The minimum atomic E-state index is -0.433. The summed E-state index contributed by atoms with van der Waals surface area (Å²) in [6.45, 7) is 0.801. The molecule has 2 aromatic carbocycles. The molecule has 1 aliphatic heterocycles. The lowest BCUT2D eigenvalue weighted by Gasteiger charge is -2.30. The maximum Gasteiger partial charge on any atom is 0.259 e. The van der Waals surface area contributed by atoms with Crippen LogP contribution >= 0.6 is 34.8 Å². The zero-order chi connectivity index (χ0) is 19.0. The number of hydrogen-bond acceptors (Lipinski definition) is 4. The van der Waals surface area contributed by atoms with E-state index in [0.717, 1.165) is 11.1 Å². The van der Waals surface area contributed by atoms with Crippen LogP contribution in [0.5, 0.6) is 17.2 Å². The van der Waals surface area contributed by atoms with E-state index in [4.69, 9.17) is 44.3 Å². The summed E-state index contributed by atoms with van der Waals surface area (Å²) in [7, 11) is 3.14. The first-order valence-electron chi connectivity index (χ1n) is 7.76. The van der Waals surface area contributed by atoms with E-state index in [2.05, 4.69) is 0 Å². The van der Waals surface area contributed by atoms with Gasteiger partial charge in [0.2, 0.25) is 0 Å². The number of aromatic hydroxyl groups is 1. The van der Waals surface area contributed by atoms with Crippen LogP contribution in [-0.4, -0.2) is 36.7 Å². The molecule has 1 amide bonds. The summed E-state index contributed by atoms with van der Waals surface area (Å²) < 4.78 is 10.6. The summed E-state index contributed by atoms with van der Waals surface area (Å²) in [4.78, 5) is 14.5. The van der Waals surface area contributed by atoms with E-state index in [1.165, 1.54) is 6.07 Å². The van der Waals surface area contributed by atoms with Crippen LogP contribution < -0.4 is 9.47 Å². The van der Waals surface area contributed by atoms with Gasteiger partial charge in [-0.3, -0.25) is 4.79 Å². The van der Waals surface area contributed by atoms with Gasteiger partial charge in [0.1, 0.15) is 11.3 Å². The number of carbonyl (C=O) groups is 1. The highest BCUT2D eigenvalue weighted by Gasteiger charge is 2.28. The lowest BCUT2D eigenvalue weighted by Crippen LogP contribution is -2.36. The van der Waals surface area contributed by atoms with Crippen LogP contribution in [0, 0.1) is 0 Å². The Balaban J connectivity index is 1.96. The van der Waals surface area contributed by atoms with E-state index in [1.807, 2.05) is 12.1 Å². The highest BCUT2D eigenvalue weighted by Crippen LogP contribution is 2.40. The maximum absolute atomic E-state index is 12.9. The van der Waals surface area contributed by atoms with Gasteiger partial charge in [-0.05, 0) is 35.7 Å². The number of amides is 1. The SMILES string of the molecule is COc1cc2c(cc1OC)CN(C(=O)c1c(O)c(Cl)cc(Cl)c1Cl)CC2. The van der Waals surface area contributed by atoms with Crippen LogP contribution in [0.4, 0.5) is 0 Å². The molecule has 0 atom stereocenters. The number of phenols is 1. The third-order valence-electron chi connectivity index (χ3n) is 4.36. The predicted molar refractivity (Wildman–Crippen MR) is 101 cm³/mol. The van der Waals surface area contributed by atoms with Crippen LogP contribution in [0.2, 0.25) is 15.1 Å². The smallest absolute Gasteiger partial charge is 0.259 e. The van der Waals surface area contributed by atoms with Crippen molar-refractivity contribution in [1.29, 1.82) is 0 Å². The number of fused-ring (bicyclic) bond motifs is 1. The first kappa shape index (κ1) is 19.0. The van der Waals surface area contributed by atoms with E-state index in [0.29, 0.717) is 31.0 Å². The Morgan fingerprint density at radius 2 is 1.65 bits per heavy atom. The van der Waals surface area contributed by atoms with Crippen molar-refractivity contribution in [1.82, 2.24) is 4.90 Å². The zero-order valence-electron chi connectivity index (χ0n) is 14.1. The highest BCUT2D eigenvalue weighted by molar-refractivity contribution is 6.45. The standard InChI is InChI=1S/C18H16Cl3NO4/c1-25-13-5-9-3-4-22(8-10(9)6-14(13)26-2)18(24)15-16(21)11(19)7-12(20)17(15)23/h5-7,23H,3-4,8H2,1-2H3. The normalized spacial score (nSPS) is 13.3. The average Bonchev–Trinajstić information content (AvgIpc) is 2.64. The van der Waals surface area contributed by atoms with Crippen LogP contribution in [-0.2, 0) is 13.0 Å². The third kappa shape index (κ3) is 3.27. The first-order valence-corrected chi connectivity index (χ1v) is 8.90. The van der Waals surface area contributed by atoms with Gasteiger partial charge in [-0.15, -0.1) is 0 Å². The number of rotatable bonds is 3. The molecule has 138 valence electrons. The van der Waals surface area contributed by atoms with Gasteiger partial charge in [0.05, 0.1) is 29.3 Å². The minimum Gasteiger partial charge on any atom is -0.505 e. The van der Waals surface area contributed by atoms with E-state index in [9.17, 15) is 9.90 Å². The number of ether oxygens (including phenoxy) is 2. The molecule has 0 unspecified atom stereocenters. The van der Waals surface area contributed by atoms with Gasteiger partial charge >= 0.3 is 0 Å². The molecule has 2 aromatic rings. The molecule has 0 aromatic heterocycles. The Morgan fingerprint density at radius 3 is 2.27 bits per heavy atom. The maximum atomic E-state index is 12.9. The van der Waals surface area contributed by atoms with Gasteiger partial charge in [0, 0.05) is 13.1 Å². The van der Waals surface area contributed by atoms with Crippen molar-refractivity contribution < 1.29 is 19.4 Å². The first-order chi connectivity index (χ1) is 12.4. The van der Waals surface area contributed by atoms with Gasteiger partial charge in [-0.25, -0.2) is 0 Å². The Morgan fingerprint density at radius 1 is 1.04 bits per heavy atom. The second-order valence-corrected chi connectivity index (χ2v) is 7.02. The molecule has 0 saturated carbocycles. The molecule has 0 radical (unpaired) electrons. The largest absolute Gasteiger partial charge is 0.505 e. The summed E-state index contributed by atoms with van der Waals surface area (Å²) in [5.41, 5.74) is 1.92. The van der Waals surface area contributed by atoms with Crippen molar-refractivity contribution in [2.75, 3.05) is 20.8 Å². The molecule has 5 nitrogen and oxygen atoms in total. The van der Waals surface area contributed by atoms with Crippen LogP contribution in [0.25, 0.3) is 0 Å². The second kappa shape index (κ2) is 7.43. The molecule has 0 spiro atoms. The van der Waals surface area contributed by atoms with Gasteiger partial charge < -0.3 is 19.5 Å². The fraction of sp³-hybridized carbons (Fsp3) is 0.278. The molecule has 0 saturated heterocycles. The number of hydrogen-bond donors (Lipinski definition) is 1. The van der Waals surface area contributed by atoms with Crippen molar-refractivity contribution in [2.24, 2.45) is 0 Å². The Bertz CT molecular complexity index is 859. The van der Waals surface area contributed by atoms with E-state index >= 15 is 0 Å². The summed E-state index contributed by atoms with van der Waals surface area (Å²) in [6, 6.07) is 5.07. The Kier molecular flexibility index (Phi) is 5.42. The van der Waals surface area contributed by atoms with Crippen molar-refractivity contribution in [3.63, 3.8) is 0 Å². The van der Waals surface area contributed by atoms with E-state index < -0.39 is 5.91 Å². The zero-order valence-corrected chi connectivity index (χ0v) is 16.4. The van der Waals surface area contributed by atoms with Gasteiger partial charge in [-0.1, -0.05) is 34.8 Å². The van der Waals surface area contributed by atoms with E-state index in [1.54, 1.807) is 19.1 Å². The van der Waals surface area contributed by atoms with Crippen LogP contribution in [0.3, 0.4) is 0 Å². The molecular weight excluding hydrogens is 401 g/mol. The molecule has 8 heteroatoms. The molecule has 0 fully saturated rings. The minimum absolute atomic E-state index is 0.0170. The predicted octanol–water partition coefficient (Wildman–Crippen LogP) is 4.57. The van der Waals surface area contributed by atoms with Gasteiger partial charge in [0.25, 0.3) is 5.91 Å². The molecule has 1 N–H and O–H groups in total. The monoisotopic (exact) mass is 415 g/mol. The van der Waals surface area contributed by atoms with Crippen molar-refractivity contribution in [2.45, 2.75) is 13.0 Å². The molecule has 0 bridgehead atoms. The highest BCUT2D eigenvalue weighted by atomic mass is 35.5. The number of benzene rings is 2. The molecule has 3 rings (SSSR count). The fourth-order valence-corrected chi connectivity index (χ4v) is 3.68. The molecule has 1 aliphatic rings. The lowest BCUT2D eigenvalue weighted by atomic mass is 9.98. The number of halogens is 3. The number of carbonyl (C=O) groups excluding carboxylic acids is 1. The van der Waals surface area contributed by atoms with Gasteiger partial charge in [0.15, 0.2) is 11.5 Å². The van der Waals surface area contributed by atoms with Gasteiger partial charge in [-0.2, -0.15) is 0 Å². The quantitative estimate of drug-likeness (QED) is 0.745. The Hall–Kier alpha value is -1.82. The summed E-state index contributed by atoms with van der Waals surface area (Å²) >= 11 is 18.1. The molecular formula is C18H16Cl3NO4. The van der Waals surface area contributed by atoms with Crippen LogP contribution in [0.1, 0.15) is 21.5 Å². The number of nitrogens with zero attached hydrogens (tertiary/aromatic N) is 1. The number of methoxy groups -OCH3 is 2. The summed E-state index contributed by atoms with van der Waals surface area (Å²) in [5, 5.41) is 10.3. The van der Waals surface area contributed by atoms with Crippen LogP contribution in [0.15, 0.2) is 18.2 Å². The van der Waals surface area contributed by atoms with Crippen molar-refractivity contribution in [3.05, 3.63) is 50.0 Å². The lowest BCUT2D eigenvalue weighted by molar-refractivity contribution is 0.0731. The number of phenolic OH excluding ortho intramolecular Hbond substituents is 1. The second-order valence-electron chi connectivity index (χ2n) is 5.83. The third-order valence-corrected chi connectivity index (χ3v) is 5.44.